The average Bonchev–Trinajstić information content (AvgIpc) is 3.52. The van der Waals surface area contributed by atoms with Crippen LogP contribution in [0.2, 0.25) is 0 Å². The topological polar surface area (TPSA) is 95.0 Å². The minimum Gasteiger partial charge on any atom is -0.477 e. The maximum Gasteiger partial charge on any atom is 0.348 e. The first-order valence-electron chi connectivity index (χ1n) is 11.7. The maximum atomic E-state index is 13.4. The first-order chi connectivity index (χ1) is 15.5. The smallest absolute Gasteiger partial charge is 0.348 e. The van der Waals surface area contributed by atoms with Crippen molar-refractivity contribution in [1.82, 2.24) is 4.31 Å². The van der Waals surface area contributed by atoms with E-state index in [-0.39, 0.29) is 46.5 Å². The maximum absolute atomic E-state index is 13.4. The highest BCUT2D eigenvalue weighted by Gasteiger charge is 2.47. The van der Waals surface area contributed by atoms with E-state index in [0.717, 1.165) is 43.4 Å². The molecule has 3 fully saturated rings. The van der Waals surface area contributed by atoms with Crippen LogP contribution in [0, 0.1) is 23.2 Å². The van der Waals surface area contributed by atoms with Crippen molar-refractivity contribution in [3.63, 3.8) is 0 Å². The standard InChI is InChI=1S/C24H32N2O5S2/c1-24(2,3)12-11-17-13-19(22(32-17)23(28)29)26-20(16-7-5-4-6-8-16)14-25(15-21(26)27)33(30,31)18-9-10-18/h13,16,18,20H,4-10,14-15H2,1-3H3,(H,28,29). The number of carboxylic acid groups (broad SMARTS) is 1. The van der Waals surface area contributed by atoms with Gasteiger partial charge in [0.15, 0.2) is 0 Å². The third-order valence-electron chi connectivity index (χ3n) is 6.53. The Morgan fingerprint density at radius 2 is 1.82 bits per heavy atom. The van der Waals surface area contributed by atoms with Gasteiger partial charge in [0, 0.05) is 12.0 Å². The lowest BCUT2D eigenvalue weighted by Crippen LogP contribution is -2.61. The van der Waals surface area contributed by atoms with Gasteiger partial charge in [-0.1, -0.05) is 31.1 Å². The van der Waals surface area contributed by atoms with Crippen LogP contribution in [0.1, 0.15) is 80.3 Å². The van der Waals surface area contributed by atoms with Crippen molar-refractivity contribution in [2.45, 2.75) is 77.0 Å². The number of carboxylic acids is 1. The highest BCUT2D eigenvalue weighted by atomic mass is 32.2. The predicted octanol–water partition coefficient (Wildman–Crippen LogP) is 3.93. The van der Waals surface area contributed by atoms with Gasteiger partial charge in [-0.3, -0.25) is 4.79 Å². The van der Waals surface area contributed by atoms with E-state index in [0.29, 0.717) is 23.4 Å². The molecular weight excluding hydrogens is 460 g/mol. The summed E-state index contributed by atoms with van der Waals surface area (Å²) in [6.07, 6.45) is 6.33. The van der Waals surface area contributed by atoms with Gasteiger partial charge >= 0.3 is 5.97 Å². The zero-order chi connectivity index (χ0) is 24.0. The number of carbonyl (C=O) groups excluding carboxylic acids is 1. The summed E-state index contributed by atoms with van der Waals surface area (Å²) in [5.41, 5.74) is 0.117. The molecule has 1 aliphatic heterocycles. The summed E-state index contributed by atoms with van der Waals surface area (Å²) in [5.74, 6) is 4.89. The number of anilines is 1. The second kappa shape index (κ2) is 9.05. The van der Waals surface area contributed by atoms with Gasteiger partial charge in [-0.25, -0.2) is 13.2 Å². The zero-order valence-corrected chi connectivity index (χ0v) is 21.1. The lowest BCUT2D eigenvalue weighted by atomic mass is 9.82. The normalized spacial score (nSPS) is 23.3. The van der Waals surface area contributed by atoms with Crippen LogP contribution >= 0.6 is 11.3 Å². The molecule has 1 N–H and O–H groups in total. The van der Waals surface area contributed by atoms with Crippen LogP contribution in [0.3, 0.4) is 0 Å². The molecule has 33 heavy (non-hydrogen) atoms. The molecule has 0 aromatic carbocycles. The monoisotopic (exact) mass is 492 g/mol. The Balaban J connectivity index is 1.74. The van der Waals surface area contributed by atoms with E-state index in [1.165, 1.54) is 4.31 Å². The molecule has 9 heteroatoms. The molecule has 1 atom stereocenters. The van der Waals surface area contributed by atoms with E-state index in [1.54, 1.807) is 11.0 Å². The molecule has 1 aromatic rings. The Morgan fingerprint density at radius 3 is 2.39 bits per heavy atom. The third kappa shape index (κ3) is 5.28. The Kier molecular flexibility index (Phi) is 6.64. The molecular formula is C24H32N2O5S2. The Morgan fingerprint density at radius 1 is 1.15 bits per heavy atom. The molecule has 180 valence electrons. The average molecular weight is 493 g/mol. The third-order valence-corrected chi connectivity index (χ3v) is 9.87. The van der Waals surface area contributed by atoms with E-state index >= 15 is 0 Å². The fraction of sp³-hybridized carbons (Fsp3) is 0.667. The number of piperazine rings is 1. The lowest BCUT2D eigenvalue weighted by molar-refractivity contribution is -0.121. The predicted molar refractivity (Wildman–Crippen MR) is 129 cm³/mol. The van der Waals surface area contributed by atoms with E-state index in [2.05, 4.69) is 11.8 Å². The van der Waals surface area contributed by atoms with Crippen LogP contribution in [0.5, 0.6) is 0 Å². The largest absolute Gasteiger partial charge is 0.477 e. The van der Waals surface area contributed by atoms with Gasteiger partial charge in [0.2, 0.25) is 15.9 Å². The van der Waals surface area contributed by atoms with Crippen LogP contribution in [-0.4, -0.2) is 54.1 Å². The summed E-state index contributed by atoms with van der Waals surface area (Å²) in [6.45, 7) is 5.94. The molecule has 1 saturated heterocycles. The molecule has 2 aliphatic carbocycles. The van der Waals surface area contributed by atoms with Gasteiger partial charge in [0.25, 0.3) is 0 Å². The molecule has 2 saturated carbocycles. The number of nitrogens with zero attached hydrogens (tertiary/aromatic N) is 2. The Hall–Kier alpha value is -1.89. The number of rotatable bonds is 5. The van der Waals surface area contributed by atoms with E-state index < -0.39 is 16.0 Å². The van der Waals surface area contributed by atoms with Crippen molar-refractivity contribution < 1.29 is 23.1 Å². The second-order valence-corrected chi connectivity index (χ2v) is 13.7. The Bertz CT molecular complexity index is 1100. The van der Waals surface area contributed by atoms with Gasteiger partial charge in [0.05, 0.1) is 28.4 Å². The van der Waals surface area contributed by atoms with Crippen molar-refractivity contribution >= 4 is 38.9 Å². The SMILES string of the molecule is CC(C)(C)C#Cc1cc(N2C(=O)CN(S(=O)(=O)C3CC3)CC2C2CCCCC2)c(C(=O)O)s1. The van der Waals surface area contributed by atoms with E-state index in [9.17, 15) is 23.1 Å². The summed E-state index contributed by atoms with van der Waals surface area (Å²) >= 11 is 1.08. The quantitative estimate of drug-likeness (QED) is 0.629. The van der Waals surface area contributed by atoms with Crippen molar-refractivity contribution in [3.05, 3.63) is 15.8 Å². The molecule has 1 amide bonds. The molecule has 2 heterocycles. The summed E-state index contributed by atoms with van der Waals surface area (Å²) in [4.78, 5) is 27.8. The molecule has 3 aliphatic rings. The van der Waals surface area contributed by atoms with Gasteiger partial charge in [-0.05, 0) is 58.4 Å². The molecule has 1 aromatic heterocycles. The van der Waals surface area contributed by atoms with Crippen molar-refractivity contribution in [3.8, 4) is 11.8 Å². The number of aromatic carboxylic acids is 1. The first kappa shape index (κ1) is 24.2. The van der Waals surface area contributed by atoms with Crippen molar-refractivity contribution in [2.75, 3.05) is 18.0 Å². The summed E-state index contributed by atoms with van der Waals surface area (Å²) < 4.78 is 27.3. The number of carbonyl (C=O) groups is 2. The van der Waals surface area contributed by atoms with Gasteiger partial charge < -0.3 is 10.0 Å². The Labute approximate surface area is 200 Å². The minimum atomic E-state index is -3.50. The molecule has 0 bridgehead atoms. The molecule has 7 nitrogen and oxygen atoms in total. The van der Waals surface area contributed by atoms with Gasteiger partial charge in [0.1, 0.15) is 4.88 Å². The fourth-order valence-corrected chi connectivity index (χ4v) is 7.40. The lowest BCUT2D eigenvalue weighted by Gasteiger charge is -2.45. The number of hydrogen-bond donors (Lipinski definition) is 1. The fourth-order valence-electron chi connectivity index (χ4n) is 4.75. The van der Waals surface area contributed by atoms with Gasteiger partial charge in [-0.15, -0.1) is 11.3 Å². The first-order valence-corrected chi connectivity index (χ1v) is 14.0. The number of thiophene rings is 1. The van der Waals surface area contributed by atoms with E-state index in [1.807, 2.05) is 20.8 Å². The number of sulfonamides is 1. The number of amides is 1. The van der Waals surface area contributed by atoms with Gasteiger partial charge in [-0.2, -0.15) is 4.31 Å². The minimum absolute atomic E-state index is 0.0841. The van der Waals surface area contributed by atoms with Crippen LogP contribution in [0.15, 0.2) is 6.07 Å². The van der Waals surface area contributed by atoms with Crippen LogP contribution in [-0.2, 0) is 14.8 Å². The van der Waals surface area contributed by atoms with Crippen LogP contribution in [0.4, 0.5) is 5.69 Å². The van der Waals surface area contributed by atoms with Crippen LogP contribution < -0.4 is 4.90 Å². The second-order valence-electron chi connectivity index (χ2n) is 10.4. The summed E-state index contributed by atoms with van der Waals surface area (Å²) in [5, 5.41) is 9.52. The van der Waals surface area contributed by atoms with Crippen molar-refractivity contribution in [1.29, 1.82) is 0 Å². The zero-order valence-electron chi connectivity index (χ0n) is 19.5. The molecule has 0 spiro atoms. The van der Waals surface area contributed by atoms with Crippen LogP contribution in [0.25, 0.3) is 0 Å². The molecule has 1 unspecified atom stereocenters. The van der Waals surface area contributed by atoms with Crippen molar-refractivity contribution in [2.24, 2.45) is 11.3 Å². The summed E-state index contributed by atoms with van der Waals surface area (Å²) in [6, 6.07) is 1.34. The highest BCUT2D eigenvalue weighted by molar-refractivity contribution is 7.90. The highest BCUT2D eigenvalue weighted by Crippen LogP contribution is 2.40. The number of hydrogen-bond acceptors (Lipinski definition) is 5. The molecule has 4 rings (SSSR count). The molecule has 0 radical (unpaired) electrons. The summed E-state index contributed by atoms with van der Waals surface area (Å²) in [7, 11) is -3.50. The van der Waals surface area contributed by atoms with E-state index in [4.69, 9.17) is 0 Å².